The Labute approximate surface area is 104 Å². The number of amides is 1. The first-order chi connectivity index (χ1) is 8.58. The third-order valence-corrected chi connectivity index (χ3v) is 2.86. The molecule has 96 valence electrons. The zero-order valence-electron chi connectivity index (χ0n) is 9.68. The number of anilines is 2. The smallest absolute Gasteiger partial charge is 0.335 e. The largest absolute Gasteiger partial charge is 0.478 e. The van der Waals surface area contributed by atoms with Gasteiger partial charge < -0.3 is 20.9 Å². The Morgan fingerprint density at radius 1 is 1.44 bits per heavy atom. The summed E-state index contributed by atoms with van der Waals surface area (Å²) in [6, 6.07) is 4.22. The van der Waals surface area contributed by atoms with E-state index in [4.69, 9.17) is 15.6 Å². The van der Waals surface area contributed by atoms with Crippen molar-refractivity contribution in [1.82, 2.24) is 0 Å². The molecule has 0 aromatic heterocycles. The van der Waals surface area contributed by atoms with Crippen LogP contribution in [0.1, 0.15) is 16.8 Å². The zero-order valence-corrected chi connectivity index (χ0v) is 9.68. The van der Waals surface area contributed by atoms with Crippen molar-refractivity contribution in [2.45, 2.75) is 6.42 Å². The molecule has 1 amide bonds. The topological polar surface area (TPSA) is 102 Å². The van der Waals surface area contributed by atoms with Crippen LogP contribution in [-0.2, 0) is 9.53 Å². The zero-order chi connectivity index (χ0) is 13.1. The van der Waals surface area contributed by atoms with Gasteiger partial charge in [0, 0.05) is 6.61 Å². The number of carbonyl (C=O) groups is 2. The lowest BCUT2D eigenvalue weighted by Gasteiger charge is -2.11. The first kappa shape index (κ1) is 12.4. The van der Waals surface area contributed by atoms with E-state index in [1.54, 1.807) is 0 Å². The molecule has 0 aliphatic carbocycles. The molecule has 0 spiro atoms. The van der Waals surface area contributed by atoms with Gasteiger partial charge in [0.05, 0.1) is 29.5 Å². The summed E-state index contributed by atoms with van der Waals surface area (Å²) in [6.45, 7) is 1.00. The second-order valence-corrected chi connectivity index (χ2v) is 4.16. The van der Waals surface area contributed by atoms with Gasteiger partial charge in [-0.15, -0.1) is 0 Å². The Morgan fingerprint density at radius 2 is 2.22 bits per heavy atom. The number of hydrogen-bond acceptors (Lipinski definition) is 4. The molecule has 1 unspecified atom stereocenters. The molecule has 1 atom stereocenters. The number of carbonyl (C=O) groups excluding carboxylic acids is 1. The van der Waals surface area contributed by atoms with Gasteiger partial charge >= 0.3 is 5.97 Å². The van der Waals surface area contributed by atoms with Crippen molar-refractivity contribution < 1.29 is 19.4 Å². The molecule has 1 aromatic rings. The average molecular weight is 250 g/mol. The van der Waals surface area contributed by atoms with Crippen molar-refractivity contribution in [2.24, 2.45) is 5.92 Å². The lowest BCUT2D eigenvalue weighted by molar-refractivity contribution is -0.119. The Balaban J connectivity index is 2.09. The fraction of sp³-hybridized carbons (Fsp3) is 0.333. The second kappa shape index (κ2) is 5.05. The molecule has 1 heterocycles. The van der Waals surface area contributed by atoms with E-state index in [1.807, 2.05) is 0 Å². The number of nitrogens with one attached hydrogen (secondary N) is 1. The number of carboxylic acid groups (broad SMARTS) is 1. The predicted molar refractivity (Wildman–Crippen MR) is 65.4 cm³/mol. The maximum atomic E-state index is 11.8. The van der Waals surface area contributed by atoms with E-state index in [1.165, 1.54) is 18.2 Å². The third kappa shape index (κ3) is 2.60. The molecule has 2 rings (SSSR count). The van der Waals surface area contributed by atoms with E-state index >= 15 is 0 Å². The Kier molecular flexibility index (Phi) is 3.47. The number of aromatic carboxylic acids is 1. The highest BCUT2D eigenvalue weighted by Crippen LogP contribution is 2.22. The van der Waals surface area contributed by atoms with E-state index in [0.29, 0.717) is 25.3 Å². The SMILES string of the molecule is Nc1cc(C(=O)O)ccc1NC(=O)C1CCOC1. The number of rotatable bonds is 3. The van der Waals surface area contributed by atoms with Crippen LogP contribution in [-0.4, -0.2) is 30.2 Å². The van der Waals surface area contributed by atoms with Crippen molar-refractivity contribution in [1.29, 1.82) is 0 Å². The molecule has 1 saturated heterocycles. The molecule has 1 aliphatic heterocycles. The molecule has 18 heavy (non-hydrogen) atoms. The fourth-order valence-corrected chi connectivity index (χ4v) is 1.79. The van der Waals surface area contributed by atoms with Crippen LogP contribution in [0.15, 0.2) is 18.2 Å². The van der Waals surface area contributed by atoms with Crippen LogP contribution in [0.25, 0.3) is 0 Å². The van der Waals surface area contributed by atoms with Gasteiger partial charge in [0.15, 0.2) is 0 Å². The summed E-state index contributed by atoms with van der Waals surface area (Å²) in [5.41, 5.74) is 6.45. The molecule has 1 fully saturated rings. The van der Waals surface area contributed by atoms with Gasteiger partial charge in [0.2, 0.25) is 5.91 Å². The van der Waals surface area contributed by atoms with Crippen LogP contribution >= 0.6 is 0 Å². The Bertz CT molecular complexity index is 481. The van der Waals surface area contributed by atoms with Gasteiger partial charge in [0.25, 0.3) is 0 Å². The van der Waals surface area contributed by atoms with Crippen molar-refractivity contribution >= 4 is 23.3 Å². The van der Waals surface area contributed by atoms with Crippen LogP contribution in [0, 0.1) is 5.92 Å². The van der Waals surface area contributed by atoms with Crippen LogP contribution in [0.5, 0.6) is 0 Å². The minimum absolute atomic E-state index is 0.0923. The highest BCUT2D eigenvalue weighted by molar-refractivity contribution is 5.97. The molecule has 0 saturated carbocycles. The molecule has 6 heteroatoms. The number of nitrogen functional groups attached to an aromatic ring is 1. The minimum Gasteiger partial charge on any atom is -0.478 e. The number of carboxylic acids is 1. The Morgan fingerprint density at radius 3 is 2.78 bits per heavy atom. The predicted octanol–water partition coefficient (Wildman–Crippen LogP) is 0.942. The van der Waals surface area contributed by atoms with E-state index in [0.717, 1.165) is 0 Å². The van der Waals surface area contributed by atoms with E-state index in [9.17, 15) is 9.59 Å². The lowest BCUT2D eigenvalue weighted by Crippen LogP contribution is -2.23. The van der Waals surface area contributed by atoms with Gasteiger partial charge in [0.1, 0.15) is 0 Å². The van der Waals surface area contributed by atoms with Crippen LogP contribution in [0.2, 0.25) is 0 Å². The number of ether oxygens (including phenoxy) is 1. The van der Waals surface area contributed by atoms with Crippen LogP contribution in [0.3, 0.4) is 0 Å². The number of benzene rings is 1. The molecule has 4 N–H and O–H groups in total. The Hall–Kier alpha value is -2.08. The molecule has 1 aliphatic rings. The highest BCUT2D eigenvalue weighted by Gasteiger charge is 2.23. The van der Waals surface area contributed by atoms with Crippen LogP contribution in [0.4, 0.5) is 11.4 Å². The van der Waals surface area contributed by atoms with Gasteiger partial charge in [-0.3, -0.25) is 4.79 Å². The summed E-state index contributed by atoms with van der Waals surface area (Å²) in [5, 5.41) is 11.5. The maximum absolute atomic E-state index is 11.8. The summed E-state index contributed by atoms with van der Waals surface area (Å²) in [7, 11) is 0. The summed E-state index contributed by atoms with van der Waals surface area (Å²) in [5.74, 6) is -1.37. The molecular weight excluding hydrogens is 236 g/mol. The summed E-state index contributed by atoms with van der Waals surface area (Å²) >= 11 is 0. The fourth-order valence-electron chi connectivity index (χ4n) is 1.79. The van der Waals surface area contributed by atoms with Crippen molar-refractivity contribution in [3.8, 4) is 0 Å². The summed E-state index contributed by atoms with van der Waals surface area (Å²) in [4.78, 5) is 22.6. The third-order valence-electron chi connectivity index (χ3n) is 2.86. The molecule has 0 bridgehead atoms. The standard InChI is InChI=1S/C12H14N2O4/c13-9-5-7(12(16)17)1-2-10(9)14-11(15)8-3-4-18-6-8/h1-2,5,8H,3-4,6,13H2,(H,14,15)(H,16,17). The minimum atomic E-state index is -1.05. The molecule has 0 radical (unpaired) electrons. The lowest BCUT2D eigenvalue weighted by atomic mass is 10.1. The monoisotopic (exact) mass is 250 g/mol. The highest BCUT2D eigenvalue weighted by atomic mass is 16.5. The van der Waals surface area contributed by atoms with Crippen molar-refractivity contribution in [3.05, 3.63) is 23.8 Å². The van der Waals surface area contributed by atoms with Gasteiger partial charge in [-0.1, -0.05) is 0 Å². The molecule has 6 nitrogen and oxygen atoms in total. The maximum Gasteiger partial charge on any atom is 0.335 e. The van der Waals surface area contributed by atoms with E-state index in [2.05, 4.69) is 5.32 Å². The van der Waals surface area contributed by atoms with Crippen molar-refractivity contribution in [3.63, 3.8) is 0 Å². The van der Waals surface area contributed by atoms with Crippen LogP contribution < -0.4 is 11.1 Å². The normalized spacial score (nSPS) is 18.6. The van der Waals surface area contributed by atoms with Gasteiger partial charge in [-0.25, -0.2) is 4.79 Å². The first-order valence-corrected chi connectivity index (χ1v) is 5.59. The first-order valence-electron chi connectivity index (χ1n) is 5.59. The quantitative estimate of drug-likeness (QED) is 0.693. The summed E-state index contributed by atoms with van der Waals surface area (Å²) in [6.07, 6.45) is 0.693. The van der Waals surface area contributed by atoms with E-state index < -0.39 is 5.97 Å². The van der Waals surface area contributed by atoms with Gasteiger partial charge in [-0.05, 0) is 24.6 Å². The average Bonchev–Trinajstić information content (AvgIpc) is 2.85. The van der Waals surface area contributed by atoms with Gasteiger partial charge in [-0.2, -0.15) is 0 Å². The summed E-state index contributed by atoms with van der Waals surface area (Å²) < 4.78 is 5.13. The number of nitrogens with two attached hydrogens (primary N) is 1. The van der Waals surface area contributed by atoms with Crippen molar-refractivity contribution in [2.75, 3.05) is 24.3 Å². The second-order valence-electron chi connectivity index (χ2n) is 4.16. The number of hydrogen-bond donors (Lipinski definition) is 3. The molecule has 1 aromatic carbocycles. The van der Waals surface area contributed by atoms with E-state index in [-0.39, 0.29) is 23.1 Å². The molecular formula is C12H14N2O4.